The van der Waals surface area contributed by atoms with Gasteiger partial charge in [-0.05, 0) is 18.2 Å². The highest BCUT2D eigenvalue weighted by Gasteiger charge is 2.05. The normalized spacial score (nSPS) is 10.9. The summed E-state index contributed by atoms with van der Waals surface area (Å²) in [7, 11) is 1.65. The average molecular weight is 238 g/mol. The summed E-state index contributed by atoms with van der Waals surface area (Å²) in [5, 5.41) is 1.55. The molecular formula is C11H11FN2OS. The first-order valence-corrected chi connectivity index (χ1v) is 5.82. The molecule has 0 atom stereocenters. The number of aromatic nitrogens is 2. The Morgan fingerprint density at radius 3 is 3.06 bits per heavy atom. The molecule has 84 valence electrons. The van der Waals surface area contributed by atoms with Gasteiger partial charge < -0.3 is 4.74 Å². The zero-order valence-electron chi connectivity index (χ0n) is 8.81. The molecule has 0 saturated carbocycles. The quantitative estimate of drug-likeness (QED) is 0.466. The first kappa shape index (κ1) is 11.3. The Labute approximate surface area is 97.0 Å². The van der Waals surface area contributed by atoms with Crippen LogP contribution in [0.1, 0.15) is 0 Å². The number of ether oxygens (including phenoxy) is 1. The molecule has 1 heterocycles. The van der Waals surface area contributed by atoms with Crippen molar-refractivity contribution in [3.05, 3.63) is 30.3 Å². The molecule has 0 unspecified atom stereocenters. The molecule has 0 amide bonds. The van der Waals surface area contributed by atoms with Gasteiger partial charge >= 0.3 is 0 Å². The Balaban J connectivity index is 2.32. The van der Waals surface area contributed by atoms with Crippen LogP contribution in [-0.2, 0) is 4.74 Å². The SMILES string of the molecule is COCCSc1ncnc2ccc(F)cc12. The van der Waals surface area contributed by atoms with E-state index in [0.717, 1.165) is 21.7 Å². The predicted octanol–water partition coefficient (Wildman–Crippen LogP) is 2.51. The molecule has 0 fully saturated rings. The molecule has 0 aliphatic carbocycles. The van der Waals surface area contributed by atoms with Crippen LogP contribution < -0.4 is 0 Å². The van der Waals surface area contributed by atoms with Crippen molar-refractivity contribution >= 4 is 22.7 Å². The van der Waals surface area contributed by atoms with Crippen LogP contribution in [0.15, 0.2) is 29.6 Å². The van der Waals surface area contributed by atoms with Gasteiger partial charge in [-0.2, -0.15) is 0 Å². The lowest BCUT2D eigenvalue weighted by atomic mass is 10.2. The molecule has 2 aromatic rings. The topological polar surface area (TPSA) is 35.0 Å². The molecular weight excluding hydrogens is 227 g/mol. The third kappa shape index (κ3) is 2.48. The maximum Gasteiger partial charge on any atom is 0.124 e. The summed E-state index contributed by atoms with van der Waals surface area (Å²) in [6, 6.07) is 4.52. The minimum atomic E-state index is -0.268. The van der Waals surface area contributed by atoms with E-state index in [9.17, 15) is 4.39 Å². The Bertz CT molecular complexity index is 492. The van der Waals surface area contributed by atoms with E-state index in [-0.39, 0.29) is 5.82 Å². The van der Waals surface area contributed by atoms with E-state index in [1.165, 1.54) is 18.5 Å². The maximum atomic E-state index is 13.1. The van der Waals surface area contributed by atoms with Gasteiger partial charge in [-0.25, -0.2) is 14.4 Å². The van der Waals surface area contributed by atoms with E-state index < -0.39 is 0 Å². The van der Waals surface area contributed by atoms with Crippen molar-refractivity contribution in [3.8, 4) is 0 Å². The molecule has 16 heavy (non-hydrogen) atoms. The summed E-state index contributed by atoms with van der Waals surface area (Å²) in [4.78, 5) is 8.24. The lowest BCUT2D eigenvalue weighted by Gasteiger charge is -2.04. The Kier molecular flexibility index (Phi) is 3.69. The molecule has 0 N–H and O–H groups in total. The molecule has 3 nitrogen and oxygen atoms in total. The fourth-order valence-corrected chi connectivity index (χ4v) is 2.23. The molecule has 0 saturated heterocycles. The van der Waals surface area contributed by atoms with Gasteiger partial charge in [0.2, 0.25) is 0 Å². The highest BCUT2D eigenvalue weighted by atomic mass is 32.2. The van der Waals surface area contributed by atoms with E-state index in [2.05, 4.69) is 9.97 Å². The largest absolute Gasteiger partial charge is 0.384 e. The Morgan fingerprint density at radius 1 is 1.38 bits per heavy atom. The lowest BCUT2D eigenvalue weighted by Crippen LogP contribution is -1.94. The van der Waals surface area contributed by atoms with E-state index in [0.29, 0.717) is 6.61 Å². The fraction of sp³-hybridized carbons (Fsp3) is 0.273. The van der Waals surface area contributed by atoms with Crippen molar-refractivity contribution in [2.24, 2.45) is 0 Å². The number of hydrogen-bond acceptors (Lipinski definition) is 4. The van der Waals surface area contributed by atoms with Crippen LogP contribution in [0.3, 0.4) is 0 Å². The van der Waals surface area contributed by atoms with Gasteiger partial charge in [0.15, 0.2) is 0 Å². The highest BCUT2D eigenvalue weighted by molar-refractivity contribution is 7.99. The molecule has 0 spiro atoms. The standard InChI is InChI=1S/C11H11FN2OS/c1-15-4-5-16-11-9-6-8(12)2-3-10(9)13-7-14-11/h2-3,6-7H,4-5H2,1H3. The van der Waals surface area contributed by atoms with E-state index in [1.54, 1.807) is 24.9 Å². The highest BCUT2D eigenvalue weighted by Crippen LogP contribution is 2.24. The predicted molar refractivity (Wildman–Crippen MR) is 62.1 cm³/mol. The molecule has 0 radical (unpaired) electrons. The van der Waals surface area contributed by atoms with E-state index in [4.69, 9.17) is 4.74 Å². The van der Waals surface area contributed by atoms with Gasteiger partial charge in [0.1, 0.15) is 17.2 Å². The van der Waals surface area contributed by atoms with Crippen molar-refractivity contribution in [2.45, 2.75) is 5.03 Å². The van der Waals surface area contributed by atoms with Gasteiger partial charge in [0, 0.05) is 18.2 Å². The molecule has 2 rings (SSSR count). The molecule has 1 aromatic carbocycles. The maximum absolute atomic E-state index is 13.1. The summed E-state index contributed by atoms with van der Waals surface area (Å²) in [6.07, 6.45) is 1.50. The first-order valence-electron chi connectivity index (χ1n) is 4.83. The summed E-state index contributed by atoms with van der Waals surface area (Å²) < 4.78 is 18.1. The van der Waals surface area contributed by atoms with Crippen molar-refractivity contribution in [2.75, 3.05) is 19.5 Å². The molecule has 0 aliphatic heterocycles. The van der Waals surface area contributed by atoms with Crippen LogP contribution in [-0.4, -0.2) is 29.4 Å². The third-order valence-corrected chi connectivity index (χ3v) is 3.06. The van der Waals surface area contributed by atoms with Gasteiger partial charge in [0.25, 0.3) is 0 Å². The number of nitrogens with zero attached hydrogens (tertiary/aromatic N) is 2. The Hall–Kier alpha value is -1.20. The Morgan fingerprint density at radius 2 is 2.25 bits per heavy atom. The van der Waals surface area contributed by atoms with Crippen LogP contribution >= 0.6 is 11.8 Å². The molecule has 1 aromatic heterocycles. The van der Waals surface area contributed by atoms with Crippen LogP contribution in [0, 0.1) is 5.82 Å². The number of benzene rings is 1. The lowest BCUT2D eigenvalue weighted by molar-refractivity contribution is 0.218. The molecule has 5 heteroatoms. The summed E-state index contributed by atoms with van der Waals surface area (Å²) in [5.41, 5.74) is 0.760. The average Bonchev–Trinajstić information content (AvgIpc) is 2.30. The smallest absolute Gasteiger partial charge is 0.124 e. The van der Waals surface area contributed by atoms with Crippen LogP contribution in [0.25, 0.3) is 10.9 Å². The first-order chi connectivity index (χ1) is 7.81. The molecule has 0 aliphatic rings. The zero-order chi connectivity index (χ0) is 11.4. The van der Waals surface area contributed by atoms with Crippen molar-refractivity contribution in [1.29, 1.82) is 0 Å². The number of rotatable bonds is 4. The minimum Gasteiger partial charge on any atom is -0.384 e. The second-order valence-electron chi connectivity index (χ2n) is 3.18. The van der Waals surface area contributed by atoms with Crippen LogP contribution in [0.4, 0.5) is 4.39 Å². The number of fused-ring (bicyclic) bond motifs is 1. The number of halogens is 1. The number of methoxy groups -OCH3 is 1. The van der Waals surface area contributed by atoms with Crippen LogP contribution in [0.2, 0.25) is 0 Å². The monoisotopic (exact) mass is 238 g/mol. The van der Waals surface area contributed by atoms with Crippen LogP contribution in [0.5, 0.6) is 0 Å². The van der Waals surface area contributed by atoms with Gasteiger partial charge in [-0.15, -0.1) is 11.8 Å². The van der Waals surface area contributed by atoms with Crippen molar-refractivity contribution in [1.82, 2.24) is 9.97 Å². The summed E-state index contributed by atoms with van der Waals surface area (Å²) in [5.74, 6) is 0.523. The van der Waals surface area contributed by atoms with Gasteiger partial charge in [-0.1, -0.05) is 0 Å². The van der Waals surface area contributed by atoms with Crippen molar-refractivity contribution in [3.63, 3.8) is 0 Å². The fourth-order valence-electron chi connectivity index (χ4n) is 1.34. The van der Waals surface area contributed by atoms with E-state index >= 15 is 0 Å². The molecule has 0 bridgehead atoms. The second kappa shape index (κ2) is 5.23. The van der Waals surface area contributed by atoms with Gasteiger partial charge in [0.05, 0.1) is 12.1 Å². The zero-order valence-corrected chi connectivity index (χ0v) is 9.63. The number of hydrogen-bond donors (Lipinski definition) is 0. The van der Waals surface area contributed by atoms with Crippen molar-refractivity contribution < 1.29 is 9.13 Å². The summed E-state index contributed by atoms with van der Waals surface area (Å²) in [6.45, 7) is 0.644. The number of thioether (sulfide) groups is 1. The summed E-state index contributed by atoms with van der Waals surface area (Å²) >= 11 is 1.54. The van der Waals surface area contributed by atoms with Gasteiger partial charge in [-0.3, -0.25) is 0 Å². The van der Waals surface area contributed by atoms with E-state index in [1.807, 2.05) is 0 Å². The minimum absolute atomic E-state index is 0.268. The third-order valence-electron chi connectivity index (χ3n) is 2.09. The second-order valence-corrected chi connectivity index (χ2v) is 4.27.